The number of aliphatic imine (C=N–C) groups is 2. The highest BCUT2D eigenvalue weighted by molar-refractivity contribution is 6.88. The zero-order valence-electron chi connectivity index (χ0n) is 28.4. The van der Waals surface area contributed by atoms with Crippen LogP contribution in [0.25, 0.3) is 44.4 Å². The number of hydrogen-bond acceptors (Lipinski definition) is 5. The van der Waals surface area contributed by atoms with Gasteiger partial charge in [0.2, 0.25) is 0 Å². The molecule has 1 N–H and O–H groups in total. The average Bonchev–Trinajstić information content (AvgIpc) is 3.18. The molecule has 0 saturated heterocycles. The standard InChI is InChI=1S/C44H37N5Si/c1-50(2,3)39-22-23-40(46-29-39)36-17-8-15-34(26-36)32-13-7-14-33(25-32)35-16-9-18-37(27-35)43-47-42(31-11-5-4-6-12-31)48-44(49-43)38-21-20-30-19-10-24-45-41(30)28-38/h4-29,43H,1-3H3,(H,47,48,49). The number of benzene rings is 5. The van der Waals surface area contributed by atoms with Crippen LogP contribution in [0.5, 0.6) is 0 Å². The second kappa shape index (κ2) is 13.1. The summed E-state index contributed by atoms with van der Waals surface area (Å²) in [5, 5.41) is 5.98. The molecule has 0 fully saturated rings. The molecule has 0 radical (unpaired) electrons. The first kappa shape index (κ1) is 31.3. The maximum atomic E-state index is 5.15. The molecule has 1 atom stereocenters. The Hall–Kier alpha value is -5.98. The van der Waals surface area contributed by atoms with E-state index in [-0.39, 0.29) is 0 Å². The first-order chi connectivity index (χ1) is 24.4. The maximum absolute atomic E-state index is 5.15. The van der Waals surface area contributed by atoms with Gasteiger partial charge in [-0.3, -0.25) is 9.97 Å². The molecular weight excluding hydrogens is 627 g/mol. The van der Waals surface area contributed by atoms with Gasteiger partial charge >= 0.3 is 0 Å². The summed E-state index contributed by atoms with van der Waals surface area (Å²) >= 11 is 0. The molecule has 6 heteroatoms. The second-order valence-electron chi connectivity index (χ2n) is 13.7. The largest absolute Gasteiger partial charge is 0.324 e. The summed E-state index contributed by atoms with van der Waals surface area (Å²) in [7, 11) is -1.40. The lowest BCUT2D eigenvalue weighted by molar-refractivity contribution is 0.756. The third-order valence-corrected chi connectivity index (χ3v) is 11.2. The van der Waals surface area contributed by atoms with E-state index in [0.717, 1.165) is 72.8 Å². The summed E-state index contributed by atoms with van der Waals surface area (Å²) in [6.45, 7) is 7.05. The number of nitrogens with zero attached hydrogens (tertiary/aromatic N) is 4. The highest BCUT2D eigenvalue weighted by Crippen LogP contribution is 2.32. The van der Waals surface area contributed by atoms with Gasteiger partial charge in [0.25, 0.3) is 0 Å². The number of hydrogen-bond donors (Lipinski definition) is 1. The number of rotatable bonds is 7. The van der Waals surface area contributed by atoms with Gasteiger partial charge in [-0.05, 0) is 69.4 Å². The molecule has 0 amide bonds. The van der Waals surface area contributed by atoms with Crippen molar-refractivity contribution in [2.45, 2.75) is 25.8 Å². The van der Waals surface area contributed by atoms with Crippen molar-refractivity contribution in [1.29, 1.82) is 0 Å². The van der Waals surface area contributed by atoms with Crippen molar-refractivity contribution in [3.8, 4) is 33.5 Å². The number of aromatic nitrogens is 2. The molecule has 8 rings (SSSR count). The molecule has 7 aromatic rings. The Bertz CT molecular complexity index is 2390. The Morgan fingerprint density at radius 3 is 1.84 bits per heavy atom. The van der Waals surface area contributed by atoms with Crippen LogP contribution in [0.3, 0.4) is 0 Å². The number of nitrogens with one attached hydrogen (secondary N) is 1. The predicted molar refractivity (Wildman–Crippen MR) is 211 cm³/mol. The van der Waals surface area contributed by atoms with Crippen LogP contribution in [0.4, 0.5) is 0 Å². The van der Waals surface area contributed by atoms with Gasteiger partial charge in [-0.25, -0.2) is 9.98 Å². The Labute approximate surface area is 294 Å². The molecule has 2 aromatic heterocycles. The molecule has 0 saturated carbocycles. The minimum atomic E-state index is -1.40. The van der Waals surface area contributed by atoms with Crippen LogP contribution < -0.4 is 10.5 Å². The summed E-state index contributed by atoms with van der Waals surface area (Å²) in [6, 6.07) is 50.9. The summed E-state index contributed by atoms with van der Waals surface area (Å²) in [4.78, 5) is 19.7. The van der Waals surface area contributed by atoms with E-state index in [2.05, 4.69) is 157 Å². The van der Waals surface area contributed by atoms with Crippen LogP contribution in [0, 0.1) is 0 Å². The SMILES string of the molecule is C[Si](C)(C)c1ccc(-c2cccc(-c3cccc(-c4cccc(C5N=C(c6ccccc6)NC(c6ccc7cccnc7c6)=N5)c4)c3)c2)nc1. The first-order valence-corrected chi connectivity index (χ1v) is 20.5. The van der Waals surface area contributed by atoms with E-state index in [0.29, 0.717) is 0 Å². The fourth-order valence-corrected chi connectivity index (χ4v) is 7.36. The Balaban J connectivity index is 1.13. The van der Waals surface area contributed by atoms with Crippen LogP contribution in [-0.4, -0.2) is 29.7 Å². The lowest BCUT2D eigenvalue weighted by atomic mass is 9.96. The van der Waals surface area contributed by atoms with E-state index < -0.39 is 14.2 Å². The van der Waals surface area contributed by atoms with Crippen molar-refractivity contribution in [1.82, 2.24) is 15.3 Å². The number of amidine groups is 2. The van der Waals surface area contributed by atoms with E-state index in [9.17, 15) is 0 Å². The lowest BCUT2D eigenvalue weighted by Gasteiger charge is -2.23. The molecule has 0 aliphatic carbocycles. The Morgan fingerprint density at radius 2 is 1.14 bits per heavy atom. The molecule has 5 nitrogen and oxygen atoms in total. The minimum absolute atomic E-state index is 0.416. The van der Waals surface area contributed by atoms with Crippen molar-refractivity contribution in [3.63, 3.8) is 0 Å². The van der Waals surface area contributed by atoms with E-state index in [1.807, 2.05) is 30.5 Å². The third-order valence-electron chi connectivity index (χ3n) is 9.17. The first-order valence-electron chi connectivity index (χ1n) is 17.0. The van der Waals surface area contributed by atoms with E-state index >= 15 is 0 Å². The highest BCUT2D eigenvalue weighted by atomic mass is 28.3. The Morgan fingerprint density at radius 1 is 0.500 bits per heavy atom. The zero-order chi connectivity index (χ0) is 34.1. The van der Waals surface area contributed by atoms with Crippen LogP contribution in [0.15, 0.2) is 168 Å². The number of pyridine rings is 2. The van der Waals surface area contributed by atoms with Crippen LogP contribution in [0.1, 0.15) is 22.9 Å². The van der Waals surface area contributed by atoms with Crippen molar-refractivity contribution < 1.29 is 0 Å². The van der Waals surface area contributed by atoms with Crippen LogP contribution in [-0.2, 0) is 0 Å². The summed E-state index contributed by atoms with van der Waals surface area (Å²) in [6.07, 6.45) is 3.46. The molecule has 5 aromatic carbocycles. The van der Waals surface area contributed by atoms with Crippen molar-refractivity contribution in [2.75, 3.05) is 0 Å². The normalized spacial score (nSPS) is 14.5. The van der Waals surface area contributed by atoms with Gasteiger partial charge in [0, 0.05) is 34.5 Å². The van der Waals surface area contributed by atoms with Gasteiger partial charge in [-0.1, -0.05) is 129 Å². The highest BCUT2D eigenvalue weighted by Gasteiger charge is 2.21. The molecule has 1 unspecified atom stereocenters. The van der Waals surface area contributed by atoms with E-state index in [1.165, 1.54) is 5.19 Å². The van der Waals surface area contributed by atoms with Gasteiger partial charge < -0.3 is 5.32 Å². The molecule has 50 heavy (non-hydrogen) atoms. The van der Waals surface area contributed by atoms with Gasteiger partial charge in [0.05, 0.1) is 19.3 Å². The summed E-state index contributed by atoms with van der Waals surface area (Å²) in [5.74, 6) is 1.56. The van der Waals surface area contributed by atoms with Gasteiger partial charge in [0.15, 0.2) is 6.17 Å². The molecule has 0 spiro atoms. The van der Waals surface area contributed by atoms with Gasteiger partial charge in [0.1, 0.15) is 11.7 Å². The van der Waals surface area contributed by atoms with E-state index in [1.54, 1.807) is 0 Å². The predicted octanol–water partition coefficient (Wildman–Crippen LogP) is 9.67. The molecule has 1 aliphatic rings. The van der Waals surface area contributed by atoms with Gasteiger partial charge in [-0.2, -0.15) is 0 Å². The smallest absolute Gasteiger partial charge is 0.169 e. The third kappa shape index (κ3) is 6.53. The fourth-order valence-electron chi connectivity index (χ4n) is 6.33. The summed E-state index contributed by atoms with van der Waals surface area (Å²) in [5.41, 5.74) is 10.6. The van der Waals surface area contributed by atoms with Crippen LogP contribution >= 0.6 is 0 Å². The average molecular weight is 664 g/mol. The Kier molecular flexibility index (Phi) is 8.23. The minimum Gasteiger partial charge on any atom is -0.324 e. The maximum Gasteiger partial charge on any atom is 0.169 e. The van der Waals surface area contributed by atoms with Crippen molar-refractivity contribution >= 4 is 35.8 Å². The zero-order valence-corrected chi connectivity index (χ0v) is 29.4. The van der Waals surface area contributed by atoms with Crippen LogP contribution in [0.2, 0.25) is 19.6 Å². The van der Waals surface area contributed by atoms with Gasteiger partial charge in [-0.15, -0.1) is 0 Å². The van der Waals surface area contributed by atoms with E-state index in [4.69, 9.17) is 15.0 Å². The monoisotopic (exact) mass is 663 g/mol. The fraction of sp³-hybridized carbons (Fsp3) is 0.0909. The number of fused-ring (bicyclic) bond motifs is 1. The summed E-state index contributed by atoms with van der Waals surface area (Å²) < 4.78 is 0. The lowest BCUT2D eigenvalue weighted by Crippen LogP contribution is -2.37. The topological polar surface area (TPSA) is 62.5 Å². The molecule has 3 heterocycles. The second-order valence-corrected chi connectivity index (χ2v) is 18.8. The molecule has 242 valence electrons. The van der Waals surface area contributed by atoms with Crippen molar-refractivity contribution in [3.05, 3.63) is 175 Å². The molecule has 1 aliphatic heterocycles. The van der Waals surface area contributed by atoms with Crippen molar-refractivity contribution in [2.24, 2.45) is 9.98 Å². The quantitative estimate of drug-likeness (QED) is 0.173. The molecular formula is C44H37N5Si. The molecule has 0 bridgehead atoms.